The fourth-order valence-electron chi connectivity index (χ4n) is 2.26. The topological polar surface area (TPSA) is 39.2 Å². The number of para-hydroxylation sites is 1. The van der Waals surface area contributed by atoms with Gasteiger partial charge in [0.15, 0.2) is 0 Å². The third-order valence-electron chi connectivity index (χ3n) is 3.45. The predicted molar refractivity (Wildman–Crippen MR) is 92.0 cm³/mol. The summed E-state index contributed by atoms with van der Waals surface area (Å²) in [6.45, 7) is -0.0178. The van der Waals surface area contributed by atoms with E-state index in [4.69, 9.17) is 16.3 Å². The Kier molecular flexibility index (Phi) is 4.87. The molecule has 0 fully saturated rings. The Morgan fingerprint density at radius 1 is 1.21 bits per heavy atom. The van der Waals surface area contributed by atoms with Crippen molar-refractivity contribution in [3.05, 3.63) is 82.8 Å². The predicted octanol–water partition coefficient (Wildman–Crippen LogP) is 4.78. The molecule has 0 aliphatic rings. The second kappa shape index (κ2) is 7.23. The molecule has 2 aromatic carbocycles. The summed E-state index contributed by atoms with van der Waals surface area (Å²) in [6.07, 6.45) is 4.69. The number of carbonyl (C=O) groups is 1. The minimum Gasteiger partial charge on any atom is -0.458 e. The lowest BCUT2D eigenvalue weighted by Gasteiger charge is -2.05. The molecule has 0 bridgehead atoms. The SMILES string of the molecule is O=C(/C=C\c1cccc2cccnc12)OCc1ccc(F)cc1Cl. The van der Waals surface area contributed by atoms with Crippen LogP contribution in [0.3, 0.4) is 0 Å². The van der Waals surface area contributed by atoms with Crippen molar-refractivity contribution >= 4 is 34.5 Å². The maximum absolute atomic E-state index is 13.0. The van der Waals surface area contributed by atoms with Gasteiger partial charge in [-0.15, -0.1) is 0 Å². The lowest BCUT2D eigenvalue weighted by atomic mass is 10.1. The maximum atomic E-state index is 13.0. The van der Waals surface area contributed by atoms with Crippen LogP contribution in [0, 0.1) is 5.82 Å². The summed E-state index contributed by atoms with van der Waals surface area (Å²) in [5.41, 5.74) is 2.18. The zero-order valence-corrected chi connectivity index (χ0v) is 13.3. The van der Waals surface area contributed by atoms with Gasteiger partial charge in [-0.25, -0.2) is 9.18 Å². The number of esters is 1. The quantitative estimate of drug-likeness (QED) is 0.506. The number of carbonyl (C=O) groups excluding carboxylic acids is 1. The molecule has 0 aliphatic heterocycles. The smallest absolute Gasteiger partial charge is 0.331 e. The van der Waals surface area contributed by atoms with E-state index in [1.165, 1.54) is 24.3 Å². The molecule has 3 rings (SSSR count). The Morgan fingerprint density at radius 3 is 2.88 bits per heavy atom. The van der Waals surface area contributed by atoms with Gasteiger partial charge >= 0.3 is 5.97 Å². The van der Waals surface area contributed by atoms with Crippen molar-refractivity contribution in [3.63, 3.8) is 0 Å². The van der Waals surface area contributed by atoms with E-state index in [0.717, 1.165) is 16.5 Å². The number of aromatic nitrogens is 1. The number of pyridine rings is 1. The van der Waals surface area contributed by atoms with Crippen molar-refractivity contribution in [3.8, 4) is 0 Å². The summed E-state index contributed by atoms with van der Waals surface area (Å²) >= 11 is 5.89. The molecule has 0 radical (unpaired) electrons. The van der Waals surface area contributed by atoms with E-state index >= 15 is 0 Å². The van der Waals surface area contributed by atoms with Gasteiger partial charge in [0.25, 0.3) is 0 Å². The largest absolute Gasteiger partial charge is 0.458 e. The molecule has 0 N–H and O–H groups in total. The maximum Gasteiger partial charge on any atom is 0.331 e. The molecule has 5 heteroatoms. The van der Waals surface area contributed by atoms with E-state index in [1.54, 1.807) is 12.3 Å². The first-order valence-electron chi connectivity index (χ1n) is 7.26. The molecule has 1 heterocycles. The molecule has 0 atom stereocenters. The van der Waals surface area contributed by atoms with Gasteiger partial charge in [0.1, 0.15) is 12.4 Å². The highest BCUT2D eigenvalue weighted by atomic mass is 35.5. The van der Waals surface area contributed by atoms with E-state index in [9.17, 15) is 9.18 Å². The lowest BCUT2D eigenvalue weighted by Crippen LogP contribution is -2.01. The first kappa shape index (κ1) is 16.1. The molecule has 0 spiro atoms. The minimum atomic E-state index is -0.511. The molecule has 24 heavy (non-hydrogen) atoms. The van der Waals surface area contributed by atoms with E-state index in [2.05, 4.69) is 4.98 Å². The third-order valence-corrected chi connectivity index (χ3v) is 3.80. The van der Waals surface area contributed by atoms with Crippen LogP contribution in [0.2, 0.25) is 5.02 Å². The van der Waals surface area contributed by atoms with Crippen molar-refractivity contribution in [2.75, 3.05) is 0 Å². The van der Waals surface area contributed by atoms with Crippen molar-refractivity contribution in [1.29, 1.82) is 0 Å². The van der Waals surface area contributed by atoms with Gasteiger partial charge in [0.05, 0.1) is 10.5 Å². The van der Waals surface area contributed by atoms with Crippen LogP contribution >= 0.6 is 11.6 Å². The van der Waals surface area contributed by atoms with Crippen molar-refractivity contribution in [2.45, 2.75) is 6.61 Å². The summed E-state index contributed by atoms with van der Waals surface area (Å²) in [6, 6.07) is 13.5. The highest BCUT2D eigenvalue weighted by molar-refractivity contribution is 6.31. The van der Waals surface area contributed by atoms with Crippen molar-refractivity contribution in [1.82, 2.24) is 4.98 Å². The number of halogens is 2. The molecule has 0 aliphatic carbocycles. The van der Waals surface area contributed by atoms with E-state index < -0.39 is 11.8 Å². The Balaban J connectivity index is 1.69. The van der Waals surface area contributed by atoms with Crippen LogP contribution in [0.25, 0.3) is 17.0 Å². The normalized spacial score (nSPS) is 11.1. The summed E-state index contributed by atoms with van der Waals surface area (Å²) < 4.78 is 18.1. The van der Waals surface area contributed by atoms with Gasteiger partial charge in [-0.1, -0.05) is 41.9 Å². The first-order chi connectivity index (χ1) is 11.6. The van der Waals surface area contributed by atoms with E-state index in [1.807, 2.05) is 30.3 Å². The molecule has 3 aromatic rings. The summed E-state index contributed by atoms with van der Waals surface area (Å²) in [4.78, 5) is 16.2. The van der Waals surface area contributed by atoms with Crippen LogP contribution < -0.4 is 0 Å². The number of hydrogen-bond acceptors (Lipinski definition) is 3. The summed E-state index contributed by atoms with van der Waals surface area (Å²) in [7, 11) is 0. The van der Waals surface area contributed by atoms with Gasteiger partial charge < -0.3 is 4.74 Å². The van der Waals surface area contributed by atoms with Gasteiger partial charge in [-0.2, -0.15) is 0 Å². The van der Waals surface area contributed by atoms with E-state index in [0.29, 0.717) is 5.56 Å². The Bertz CT molecular complexity index is 919. The van der Waals surface area contributed by atoms with Gasteiger partial charge in [0, 0.05) is 28.8 Å². The molecule has 0 unspecified atom stereocenters. The van der Waals surface area contributed by atoms with Crippen molar-refractivity contribution in [2.24, 2.45) is 0 Å². The van der Waals surface area contributed by atoms with Gasteiger partial charge in [-0.3, -0.25) is 4.98 Å². The molecule has 0 saturated heterocycles. The number of rotatable bonds is 4. The average Bonchev–Trinajstić information content (AvgIpc) is 2.59. The molecule has 120 valence electrons. The van der Waals surface area contributed by atoms with E-state index in [-0.39, 0.29) is 11.6 Å². The van der Waals surface area contributed by atoms with Crippen LogP contribution in [0.4, 0.5) is 4.39 Å². The molecule has 0 amide bonds. The fraction of sp³-hybridized carbons (Fsp3) is 0.0526. The standard InChI is InChI=1S/C19H13ClFNO2/c20-17-11-16(21)8-6-15(17)12-24-18(23)9-7-14-4-1-3-13-5-2-10-22-19(13)14/h1-11H,12H2/b9-7-. The first-order valence-corrected chi connectivity index (χ1v) is 7.64. The fourth-order valence-corrected chi connectivity index (χ4v) is 2.48. The number of ether oxygens (including phenoxy) is 1. The van der Waals surface area contributed by atoms with Crippen molar-refractivity contribution < 1.29 is 13.9 Å². The van der Waals surface area contributed by atoms with Gasteiger partial charge in [0.2, 0.25) is 0 Å². The Hall–Kier alpha value is -2.72. The molecular weight excluding hydrogens is 329 g/mol. The minimum absolute atomic E-state index is 0.0178. The van der Waals surface area contributed by atoms with Crippen LogP contribution in [0.15, 0.2) is 60.8 Å². The zero-order chi connectivity index (χ0) is 16.9. The molecule has 0 saturated carbocycles. The number of benzene rings is 2. The zero-order valence-electron chi connectivity index (χ0n) is 12.6. The molecular formula is C19H13ClFNO2. The molecule has 3 nitrogen and oxygen atoms in total. The van der Waals surface area contributed by atoms with Crippen LogP contribution in [-0.4, -0.2) is 11.0 Å². The number of nitrogens with zero attached hydrogens (tertiary/aromatic N) is 1. The average molecular weight is 342 g/mol. The lowest BCUT2D eigenvalue weighted by molar-refractivity contribution is -0.138. The second-order valence-corrected chi connectivity index (χ2v) is 5.51. The number of fused-ring (bicyclic) bond motifs is 1. The monoisotopic (exact) mass is 341 g/mol. The second-order valence-electron chi connectivity index (χ2n) is 5.10. The van der Waals surface area contributed by atoms with Crippen LogP contribution in [0.5, 0.6) is 0 Å². The van der Waals surface area contributed by atoms with Crippen LogP contribution in [-0.2, 0) is 16.1 Å². The van der Waals surface area contributed by atoms with Crippen LogP contribution in [0.1, 0.15) is 11.1 Å². The number of hydrogen-bond donors (Lipinski definition) is 0. The third kappa shape index (κ3) is 3.78. The highest BCUT2D eigenvalue weighted by Crippen LogP contribution is 2.19. The molecule has 1 aromatic heterocycles. The Labute approximate surface area is 143 Å². The highest BCUT2D eigenvalue weighted by Gasteiger charge is 2.05. The Morgan fingerprint density at radius 2 is 2.04 bits per heavy atom. The van der Waals surface area contributed by atoms with Gasteiger partial charge in [-0.05, 0) is 24.3 Å². The summed E-state index contributed by atoms with van der Waals surface area (Å²) in [5, 5.41) is 1.22. The summed E-state index contributed by atoms with van der Waals surface area (Å²) in [5.74, 6) is -0.943.